The molecule has 0 aliphatic rings. The largest absolute Gasteiger partial charge is 0.497 e. The molecule has 0 aliphatic heterocycles. The number of halogens is 2. The second-order valence-electron chi connectivity index (χ2n) is 6.32. The van der Waals surface area contributed by atoms with Gasteiger partial charge in [0.05, 0.1) is 12.8 Å². The van der Waals surface area contributed by atoms with E-state index in [1.165, 1.54) is 36.0 Å². The third kappa shape index (κ3) is 4.40. The molecule has 4 aromatic rings. The zero-order valence-corrected chi connectivity index (χ0v) is 17.7. The molecule has 0 saturated carbocycles. The van der Waals surface area contributed by atoms with E-state index in [2.05, 4.69) is 31.3 Å². The van der Waals surface area contributed by atoms with Crippen molar-refractivity contribution in [2.75, 3.05) is 12.4 Å². The maximum absolute atomic E-state index is 13.9. The van der Waals surface area contributed by atoms with Gasteiger partial charge in [-0.15, -0.1) is 5.10 Å². The predicted octanol–water partition coefficient (Wildman–Crippen LogP) is 3.23. The predicted molar refractivity (Wildman–Crippen MR) is 113 cm³/mol. The number of rotatable bonds is 6. The highest BCUT2D eigenvalue weighted by Gasteiger charge is 2.16. The van der Waals surface area contributed by atoms with Gasteiger partial charge in [-0.2, -0.15) is 0 Å². The van der Waals surface area contributed by atoms with E-state index in [1.807, 2.05) is 0 Å². The topological polar surface area (TPSA) is 99.8 Å². The number of ether oxygens (including phenoxy) is 2. The van der Waals surface area contributed by atoms with Gasteiger partial charge in [-0.05, 0) is 30.3 Å². The number of hydrogen-bond donors (Lipinski definition) is 1. The highest BCUT2D eigenvalue weighted by atomic mass is 79.9. The summed E-state index contributed by atoms with van der Waals surface area (Å²) >= 11 is 3.15. The van der Waals surface area contributed by atoms with Crippen LogP contribution in [0.4, 0.5) is 10.1 Å². The minimum absolute atomic E-state index is 0.00581. The highest BCUT2D eigenvalue weighted by Crippen LogP contribution is 2.25. The van der Waals surface area contributed by atoms with Crippen molar-refractivity contribution in [3.63, 3.8) is 0 Å². The normalized spacial score (nSPS) is 10.8. The molecule has 0 atom stereocenters. The summed E-state index contributed by atoms with van der Waals surface area (Å²) in [7, 11) is 1.53. The first-order valence-electron chi connectivity index (χ1n) is 8.95. The van der Waals surface area contributed by atoms with Crippen molar-refractivity contribution >= 4 is 33.2 Å². The van der Waals surface area contributed by atoms with Gasteiger partial charge in [-0.3, -0.25) is 4.79 Å². The molecule has 2 heterocycles. The number of fused-ring (bicyclic) bond motifs is 1. The summed E-state index contributed by atoms with van der Waals surface area (Å²) in [6, 6.07) is 11.1. The molecule has 4 rings (SSSR count). The zero-order chi connectivity index (χ0) is 22.0. The van der Waals surface area contributed by atoms with E-state index < -0.39 is 24.0 Å². The molecular weight excluding hydrogens is 473 g/mol. The lowest BCUT2D eigenvalue weighted by Crippen LogP contribution is -2.28. The van der Waals surface area contributed by atoms with Gasteiger partial charge in [0, 0.05) is 22.9 Å². The number of nitrogens with zero attached hydrogens (tertiary/aromatic N) is 4. The van der Waals surface area contributed by atoms with Crippen LogP contribution in [0.1, 0.15) is 0 Å². The highest BCUT2D eigenvalue weighted by molar-refractivity contribution is 9.10. The number of aromatic nitrogens is 4. The second kappa shape index (κ2) is 8.56. The summed E-state index contributed by atoms with van der Waals surface area (Å²) in [4.78, 5) is 29.1. The molecule has 11 heteroatoms. The van der Waals surface area contributed by atoms with Gasteiger partial charge >= 0.3 is 5.69 Å². The molecule has 31 heavy (non-hydrogen) atoms. The third-order valence-electron chi connectivity index (χ3n) is 4.22. The SMILES string of the molecule is COc1cccc(Oc2nccn3c(=O)n(CC(=O)Nc4ccc(Br)cc4F)nc23)c1. The average Bonchev–Trinajstić information content (AvgIpc) is 3.07. The van der Waals surface area contributed by atoms with Crippen molar-refractivity contribution in [1.82, 2.24) is 19.2 Å². The van der Waals surface area contributed by atoms with Crippen LogP contribution in [0, 0.1) is 5.82 Å². The van der Waals surface area contributed by atoms with Crippen molar-refractivity contribution in [2.45, 2.75) is 6.54 Å². The fourth-order valence-electron chi connectivity index (χ4n) is 2.79. The van der Waals surface area contributed by atoms with Gasteiger partial charge < -0.3 is 14.8 Å². The summed E-state index contributed by atoms with van der Waals surface area (Å²) in [5.41, 5.74) is -0.453. The molecule has 0 fully saturated rings. The molecule has 158 valence electrons. The Kier molecular flexibility index (Phi) is 5.67. The Bertz CT molecular complexity index is 1340. The van der Waals surface area contributed by atoms with Crippen LogP contribution in [0.2, 0.25) is 0 Å². The van der Waals surface area contributed by atoms with E-state index in [4.69, 9.17) is 9.47 Å². The van der Waals surface area contributed by atoms with Crippen LogP contribution in [0.5, 0.6) is 17.4 Å². The van der Waals surface area contributed by atoms with Crippen molar-refractivity contribution < 1.29 is 18.7 Å². The van der Waals surface area contributed by atoms with Crippen molar-refractivity contribution in [3.8, 4) is 17.4 Å². The number of hydrogen-bond acceptors (Lipinski definition) is 6. The summed E-state index contributed by atoms with van der Waals surface area (Å²) in [5, 5.41) is 6.58. The van der Waals surface area contributed by atoms with Gasteiger partial charge in [0.25, 0.3) is 5.88 Å². The fourth-order valence-corrected chi connectivity index (χ4v) is 3.13. The summed E-state index contributed by atoms with van der Waals surface area (Å²) in [6.07, 6.45) is 2.79. The molecule has 1 amide bonds. The Morgan fingerprint density at radius 1 is 1.23 bits per heavy atom. The Morgan fingerprint density at radius 2 is 2.03 bits per heavy atom. The summed E-state index contributed by atoms with van der Waals surface area (Å²) in [5.74, 6) is -0.126. The standard InChI is InChI=1S/C20H15BrFN5O4/c1-30-13-3-2-4-14(10-13)31-19-18-25-27(20(29)26(18)8-7-23-19)11-17(28)24-16-6-5-12(21)9-15(16)22/h2-10H,11H2,1H3,(H,24,28). The van der Waals surface area contributed by atoms with Crippen LogP contribution >= 0.6 is 15.9 Å². The first-order chi connectivity index (χ1) is 14.9. The molecule has 0 saturated heterocycles. The molecule has 2 aromatic carbocycles. The van der Waals surface area contributed by atoms with Crippen LogP contribution in [-0.2, 0) is 11.3 Å². The lowest BCUT2D eigenvalue weighted by Gasteiger charge is -2.06. The van der Waals surface area contributed by atoms with Crippen molar-refractivity contribution in [1.29, 1.82) is 0 Å². The van der Waals surface area contributed by atoms with Crippen LogP contribution in [0.3, 0.4) is 0 Å². The number of carbonyl (C=O) groups excluding carboxylic acids is 1. The van der Waals surface area contributed by atoms with E-state index in [0.29, 0.717) is 16.0 Å². The van der Waals surface area contributed by atoms with Gasteiger partial charge in [0.2, 0.25) is 11.6 Å². The molecule has 0 spiro atoms. The Labute approximate surface area is 183 Å². The molecule has 9 nitrogen and oxygen atoms in total. The Hall–Kier alpha value is -3.73. The van der Waals surface area contributed by atoms with Gasteiger partial charge in [-0.25, -0.2) is 23.3 Å². The van der Waals surface area contributed by atoms with E-state index in [9.17, 15) is 14.0 Å². The molecular formula is C20H15BrFN5O4. The minimum Gasteiger partial charge on any atom is -0.497 e. The molecule has 0 aliphatic carbocycles. The minimum atomic E-state index is -0.616. The van der Waals surface area contributed by atoms with E-state index in [1.54, 1.807) is 30.3 Å². The maximum atomic E-state index is 13.9. The quantitative estimate of drug-likeness (QED) is 0.448. The first kappa shape index (κ1) is 20.5. The van der Waals surface area contributed by atoms with Gasteiger partial charge in [0.1, 0.15) is 23.9 Å². The molecule has 0 bridgehead atoms. The number of carbonyl (C=O) groups is 1. The zero-order valence-electron chi connectivity index (χ0n) is 16.1. The average molecular weight is 488 g/mol. The maximum Gasteiger partial charge on any atom is 0.351 e. The lowest BCUT2D eigenvalue weighted by molar-refractivity contribution is -0.117. The third-order valence-corrected chi connectivity index (χ3v) is 4.72. The molecule has 1 N–H and O–H groups in total. The number of anilines is 1. The van der Waals surface area contributed by atoms with E-state index >= 15 is 0 Å². The molecule has 0 unspecified atom stereocenters. The monoisotopic (exact) mass is 487 g/mol. The van der Waals surface area contributed by atoms with Crippen molar-refractivity contribution in [2.24, 2.45) is 0 Å². The number of amides is 1. The summed E-state index contributed by atoms with van der Waals surface area (Å²) in [6.45, 7) is -0.422. The fraction of sp³-hybridized carbons (Fsp3) is 0.100. The molecule has 2 aromatic heterocycles. The molecule has 0 radical (unpaired) electrons. The van der Waals surface area contributed by atoms with Gasteiger partial charge in [0.15, 0.2) is 0 Å². The number of nitrogens with one attached hydrogen (secondary N) is 1. The van der Waals surface area contributed by atoms with Crippen LogP contribution in [-0.4, -0.2) is 32.2 Å². The van der Waals surface area contributed by atoms with E-state index in [0.717, 1.165) is 4.68 Å². The van der Waals surface area contributed by atoms with Crippen molar-refractivity contribution in [3.05, 3.63) is 75.6 Å². The van der Waals surface area contributed by atoms with Crippen LogP contribution < -0.4 is 20.5 Å². The number of methoxy groups -OCH3 is 1. The van der Waals surface area contributed by atoms with E-state index in [-0.39, 0.29) is 17.2 Å². The Morgan fingerprint density at radius 3 is 2.81 bits per heavy atom. The first-order valence-corrected chi connectivity index (χ1v) is 9.75. The second-order valence-corrected chi connectivity index (χ2v) is 7.24. The summed E-state index contributed by atoms with van der Waals surface area (Å²) < 4.78 is 27.5. The lowest BCUT2D eigenvalue weighted by atomic mass is 10.3. The van der Waals surface area contributed by atoms with Crippen LogP contribution in [0.25, 0.3) is 5.65 Å². The Balaban J connectivity index is 1.59. The van der Waals surface area contributed by atoms with Gasteiger partial charge in [-0.1, -0.05) is 22.0 Å². The van der Waals surface area contributed by atoms with Crippen LogP contribution in [0.15, 0.2) is 64.1 Å². The smallest absolute Gasteiger partial charge is 0.351 e. The number of benzene rings is 2.